The fourth-order valence-corrected chi connectivity index (χ4v) is 6.88. The zero-order chi connectivity index (χ0) is 36.0. The van der Waals surface area contributed by atoms with Crippen molar-refractivity contribution in [3.05, 3.63) is 35.4 Å². The van der Waals surface area contributed by atoms with Crippen LogP contribution >= 0.6 is 0 Å². The van der Waals surface area contributed by atoms with Gasteiger partial charge in [0.1, 0.15) is 48.8 Å². The molecule has 278 valence electrons. The third-order valence-electron chi connectivity index (χ3n) is 9.64. The van der Waals surface area contributed by atoms with Crippen LogP contribution in [-0.4, -0.2) is 153 Å². The van der Waals surface area contributed by atoms with Crippen LogP contribution in [0.4, 0.5) is 0 Å². The van der Waals surface area contributed by atoms with Crippen molar-refractivity contribution in [1.82, 2.24) is 0 Å². The van der Waals surface area contributed by atoms with Gasteiger partial charge in [-0.2, -0.15) is 0 Å². The van der Waals surface area contributed by atoms with Gasteiger partial charge < -0.3 is 89.0 Å². The molecule has 2 aromatic rings. The molecule has 18 nitrogen and oxygen atoms in total. The molecule has 0 saturated carbocycles. The Kier molecular flexibility index (Phi) is 10.8. The summed E-state index contributed by atoms with van der Waals surface area (Å²) in [5, 5.41) is 102. The highest BCUT2D eigenvalue weighted by Gasteiger charge is 2.50. The van der Waals surface area contributed by atoms with E-state index < -0.39 is 98.3 Å². The first-order valence-corrected chi connectivity index (χ1v) is 15.9. The molecule has 10 N–H and O–H groups in total. The Morgan fingerprint density at radius 2 is 0.960 bits per heavy atom. The van der Waals surface area contributed by atoms with E-state index in [-0.39, 0.29) is 48.0 Å². The van der Waals surface area contributed by atoms with Gasteiger partial charge in [-0.3, -0.25) is 0 Å². The third-order valence-corrected chi connectivity index (χ3v) is 9.64. The van der Waals surface area contributed by atoms with Crippen LogP contribution in [0, 0.1) is 11.8 Å². The Morgan fingerprint density at radius 1 is 0.580 bits per heavy atom. The maximum absolute atomic E-state index is 11.0. The van der Waals surface area contributed by atoms with Crippen LogP contribution in [0.2, 0.25) is 0 Å². The van der Waals surface area contributed by atoms with Crippen molar-refractivity contribution in [2.24, 2.45) is 11.8 Å². The summed E-state index contributed by atoms with van der Waals surface area (Å²) in [6.07, 6.45) is -16.7. The van der Waals surface area contributed by atoms with Gasteiger partial charge in [-0.05, 0) is 35.4 Å². The molecule has 18 heteroatoms. The van der Waals surface area contributed by atoms with Crippen LogP contribution in [0.15, 0.2) is 24.3 Å². The summed E-state index contributed by atoms with van der Waals surface area (Å²) in [6.45, 7) is -0.856. The van der Waals surface area contributed by atoms with Gasteiger partial charge >= 0.3 is 0 Å². The molecule has 14 atom stereocenters. The molecular formula is C32H42O18. The molecule has 4 aliphatic rings. The zero-order valence-electron chi connectivity index (χ0n) is 27.0. The van der Waals surface area contributed by atoms with E-state index in [1.807, 2.05) is 0 Å². The average molecular weight is 715 g/mol. The summed E-state index contributed by atoms with van der Waals surface area (Å²) in [4.78, 5) is 0. The fourth-order valence-electron chi connectivity index (χ4n) is 6.88. The van der Waals surface area contributed by atoms with E-state index in [9.17, 15) is 51.1 Å². The summed E-state index contributed by atoms with van der Waals surface area (Å²) in [5.41, 5.74) is 1.03. The number of aromatic hydroxyl groups is 2. The van der Waals surface area contributed by atoms with Crippen LogP contribution in [0.3, 0.4) is 0 Å². The monoisotopic (exact) mass is 714 g/mol. The Balaban J connectivity index is 1.18. The van der Waals surface area contributed by atoms with Gasteiger partial charge in [0.15, 0.2) is 23.0 Å². The number of hydrogen-bond acceptors (Lipinski definition) is 18. The zero-order valence-corrected chi connectivity index (χ0v) is 27.0. The van der Waals surface area contributed by atoms with E-state index >= 15 is 0 Å². The molecular weight excluding hydrogens is 672 g/mol. The molecule has 0 amide bonds. The van der Waals surface area contributed by atoms with Crippen molar-refractivity contribution in [1.29, 1.82) is 0 Å². The summed E-state index contributed by atoms with van der Waals surface area (Å²) in [7, 11) is 2.66. The van der Waals surface area contributed by atoms with Crippen LogP contribution in [-0.2, 0) is 18.9 Å². The molecule has 0 radical (unpaired) electrons. The number of aliphatic hydroxyl groups is 8. The molecule has 4 aliphatic heterocycles. The predicted octanol–water partition coefficient (Wildman–Crippen LogP) is -2.45. The number of phenolic OH excluding ortho intramolecular Hbond substituents is 2. The van der Waals surface area contributed by atoms with Crippen molar-refractivity contribution >= 4 is 0 Å². The van der Waals surface area contributed by atoms with Gasteiger partial charge in [0.05, 0.1) is 52.9 Å². The van der Waals surface area contributed by atoms with E-state index in [1.165, 1.54) is 26.4 Å². The highest BCUT2D eigenvalue weighted by atomic mass is 16.7. The lowest BCUT2D eigenvalue weighted by Crippen LogP contribution is -2.60. The molecule has 4 saturated heterocycles. The number of rotatable bonds is 10. The Morgan fingerprint density at radius 3 is 1.30 bits per heavy atom. The van der Waals surface area contributed by atoms with E-state index in [0.717, 1.165) is 0 Å². The minimum Gasteiger partial charge on any atom is -0.504 e. The third kappa shape index (κ3) is 6.51. The number of ether oxygens (including phenoxy) is 8. The molecule has 50 heavy (non-hydrogen) atoms. The molecule has 0 spiro atoms. The first kappa shape index (κ1) is 36.5. The minimum atomic E-state index is -1.71. The molecule has 14 unspecified atom stereocenters. The predicted molar refractivity (Wildman–Crippen MR) is 162 cm³/mol. The maximum Gasteiger partial charge on any atom is 0.229 e. The Bertz CT molecular complexity index is 1380. The normalized spacial score (nSPS) is 38.4. The molecule has 0 bridgehead atoms. The largest absolute Gasteiger partial charge is 0.504 e. The molecule has 0 aliphatic carbocycles. The lowest BCUT2D eigenvalue weighted by atomic mass is 9.84. The van der Waals surface area contributed by atoms with Gasteiger partial charge in [0.25, 0.3) is 0 Å². The summed E-state index contributed by atoms with van der Waals surface area (Å²) >= 11 is 0. The van der Waals surface area contributed by atoms with E-state index in [2.05, 4.69) is 0 Å². The standard InChI is InChI=1S/C32H42O18/c1-43-17-5-11(3-15(35)29(17)49-31-25(41)23(39)21(37)19(7-33)47-31)27-13-9-46-28(14(13)10-45-27)12-4-16(36)30(18(6-12)44-2)50-32-26(42)24(40)22(38)20(8-34)48-32/h3-6,13-14,19-28,31-42H,7-10H2,1-2H3. The van der Waals surface area contributed by atoms with Crippen molar-refractivity contribution in [3.8, 4) is 34.5 Å². The van der Waals surface area contributed by atoms with Crippen molar-refractivity contribution in [2.45, 2.75) is 73.6 Å². The second-order valence-corrected chi connectivity index (χ2v) is 12.6. The molecule has 0 aromatic heterocycles. The van der Waals surface area contributed by atoms with E-state index in [0.29, 0.717) is 11.1 Å². The molecule has 6 rings (SSSR count). The Hall–Kier alpha value is -3.24. The minimum absolute atomic E-state index is 0.0455. The number of phenols is 2. The van der Waals surface area contributed by atoms with Crippen molar-refractivity contribution in [2.75, 3.05) is 40.6 Å². The van der Waals surface area contributed by atoms with Crippen LogP contribution in [0.25, 0.3) is 0 Å². The first-order chi connectivity index (χ1) is 23.9. The van der Waals surface area contributed by atoms with Crippen LogP contribution in [0.5, 0.6) is 34.5 Å². The van der Waals surface area contributed by atoms with Crippen LogP contribution < -0.4 is 18.9 Å². The molecule has 4 heterocycles. The van der Waals surface area contributed by atoms with Gasteiger partial charge in [0.2, 0.25) is 24.1 Å². The SMILES string of the molecule is COc1cc(C2OCC3C(c4cc(O)c(OC5OC(CO)C(O)C(O)C5O)c(OC)c4)OCC23)cc(O)c1OC1OC(CO)C(O)C(O)C1O. The van der Waals surface area contributed by atoms with Gasteiger partial charge in [-0.1, -0.05) is 0 Å². The lowest BCUT2D eigenvalue weighted by molar-refractivity contribution is -0.277. The van der Waals surface area contributed by atoms with Crippen molar-refractivity contribution < 1.29 is 89.0 Å². The van der Waals surface area contributed by atoms with Gasteiger partial charge in [-0.15, -0.1) is 0 Å². The second kappa shape index (κ2) is 14.8. The van der Waals surface area contributed by atoms with E-state index in [1.54, 1.807) is 12.1 Å². The second-order valence-electron chi connectivity index (χ2n) is 12.6. The smallest absolute Gasteiger partial charge is 0.229 e. The van der Waals surface area contributed by atoms with Crippen LogP contribution in [0.1, 0.15) is 23.3 Å². The summed E-state index contributed by atoms with van der Waals surface area (Å²) in [6, 6.07) is 5.92. The molecule has 4 fully saturated rings. The maximum atomic E-state index is 11.0. The average Bonchev–Trinajstić information content (AvgIpc) is 3.72. The number of methoxy groups -OCH3 is 2. The lowest BCUT2D eigenvalue weighted by Gasteiger charge is -2.39. The number of aliphatic hydroxyl groups excluding tert-OH is 8. The van der Waals surface area contributed by atoms with Crippen molar-refractivity contribution in [3.63, 3.8) is 0 Å². The highest BCUT2D eigenvalue weighted by Crippen LogP contribution is 2.54. The number of fused-ring (bicyclic) bond motifs is 1. The summed E-state index contributed by atoms with van der Waals surface area (Å²) < 4.78 is 45.4. The fraction of sp³-hybridized carbons (Fsp3) is 0.625. The quantitative estimate of drug-likeness (QED) is 0.122. The number of hydrogen-bond donors (Lipinski definition) is 10. The van der Waals surface area contributed by atoms with Gasteiger partial charge in [-0.25, -0.2) is 0 Å². The molecule has 2 aromatic carbocycles. The van der Waals surface area contributed by atoms with E-state index in [4.69, 9.17) is 37.9 Å². The topological polar surface area (TPSA) is 276 Å². The number of benzene rings is 2. The summed E-state index contributed by atoms with van der Waals surface area (Å²) in [5.74, 6) is -1.59. The van der Waals surface area contributed by atoms with Gasteiger partial charge in [0, 0.05) is 11.8 Å². The first-order valence-electron chi connectivity index (χ1n) is 15.9. The highest BCUT2D eigenvalue weighted by molar-refractivity contribution is 5.55. The Labute approximate surface area is 285 Å².